The zero-order chi connectivity index (χ0) is 23.9. The number of ether oxygens (including phenoxy) is 2. The first kappa shape index (κ1) is 23.9. The van der Waals surface area contributed by atoms with Crippen LogP contribution in [0.3, 0.4) is 0 Å². The first-order valence-electron chi connectivity index (χ1n) is 11.7. The van der Waals surface area contributed by atoms with Crippen LogP contribution in [0.5, 0.6) is 5.75 Å². The van der Waals surface area contributed by atoms with Crippen molar-refractivity contribution in [3.63, 3.8) is 0 Å². The van der Waals surface area contributed by atoms with Crippen LogP contribution in [0.4, 0.5) is 0 Å². The predicted molar refractivity (Wildman–Crippen MR) is 131 cm³/mol. The zero-order valence-corrected chi connectivity index (χ0v) is 19.8. The van der Waals surface area contributed by atoms with Gasteiger partial charge in [0.05, 0.1) is 43.6 Å². The van der Waals surface area contributed by atoms with E-state index in [1.807, 2.05) is 43.3 Å². The van der Waals surface area contributed by atoms with Crippen LogP contribution in [0.2, 0.25) is 0 Å². The molecule has 1 aromatic heterocycles. The lowest BCUT2D eigenvalue weighted by Gasteiger charge is -2.35. The molecule has 4 rings (SSSR count). The summed E-state index contributed by atoms with van der Waals surface area (Å²) in [4.78, 5) is 32.1. The highest BCUT2D eigenvalue weighted by atomic mass is 16.5. The van der Waals surface area contributed by atoms with Crippen LogP contribution in [0.1, 0.15) is 30.0 Å². The highest BCUT2D eigenvalue weighted by molar-refractivity contribution is 5.80. The van der Waals surface area contributed by atoms with E-state index in [2.05, 4.69) is 15.2 Å². The summed E-state index contributed by atoms with van der Waals surface area (Å²) in [6, 6.07) is 13.7. The number of rotatable bonds is 9. The van der Waals surface area contributed by atoms with Gasteiger partial charge in [0.2, 0.25) is 5.91 Å². The van der Waals surface area contributed by atoms with Crippen molar-refractivity contribution in [2.75, 3.05) is 40.0 Å². The number of nitrogens with zero attached hydrogens (tertiary/aromatic N) is 3. The van der Waals surface area contributed by atoms with Gasteiger partial charge in [0.25, 0.3) is 5.56 Å². The predicted octanol–water partition coefficient (Wildman–Crippen LogP) is 2.68. The number of amides is 1. The molecule has 0 aliphatic carbocycles. The summed E-state index contributed by atoms with van der Waals surface area (Å²) in [6.45, 7) is 5.94. The van der Waals surface area contributed by atoms with Gasteiger partial charge >= 0.3 is 0 Å². The Balaban J connectivity index is 1.34. The maximum atomic E-state index is 12.7. The van der Waals surface area contributed by atoms with Gasteiger partial charge in [-0.15, -0.1) is 0 Å². The van der Waals surface area contributed by atoms with Crippen LogP contribution < -0.4 is 15.6 Å². The average Bonchev–Trinajstić information content (AvgIpc) is 2.87. The lowest BCUT2D eigenvalue weighted by molar-refractivity contribution is -0.121. The van der Waals surface area contributed by atoms with Gasteiger partial charge in [-0.3, -0.25) is 19.1 Å². The lowest BCUT2D eigenvalue weighted by Crippen LogP contribution is -2.43. The molecule has 0 spiro atoms. The Hall–Kier alpha value is -3.23. The average molecular weight is 465 g/mol. The molecule has 0 radical (unpaired) electrons. The zero-order valence-electron chi connectivity index (χ0n) is 19.8. The number of carbonyl (C=O) groups excluding carboxylic acids is 1. The van der Waals surface area contributed by atoms with Crippen LogP contribution in [0.25, 0.3) is 10.9 Å². The Labute approximate surface area is 199 Å². The van der Waals surface area contributed by atoms with E-state index < -0.39 is 0 Å². The molecule has 0 bridgehead atoms. The Morgan fingerprint density at radius 1 is 1.18 bits per heavy atom. The van der Waals surface area contributed by atoms with Crippen molar-refractivity contribution in [1.29, 1.82) is 0 Å². The second-order valence-corrected chi connectivity index (χ2v) is 8.56. The molecule has 1 N–H and O–H groups in total. The summed E-state index contributed by atoms with van der Waals surface area (Å²) in [6.07, 6.45) is 2.49. The van der Waals surface area contributed by atoms with Crippen molar-refractivity contribution in [1.82, 2.24) is 19.8 Å². The number of aryl methyl sites for hydroxylation is 2. The highest BCUT2D eigenvalue weighted by Gasteiger charge is 2.23. The van der Waals surface area contributed by atoms with Crippen LogP contribution in [-0.4, -0.2) is 60.3 Å². The number of fused-ring (bicyclic) bond motifs is 1. The quantitative estimate of drug-likeness (QED) is 0.524. The number of aromatic nitrogens is 2. The third-order valence-corrected chi connectivity index (χ3v) is 6.34. The van der Waals surface area contributed by atoms with Gasteiger partial charge in [-0.1, -0.05) is 24.3 Å². The first-order chi connectivity index (χ1) is 16.6. The molecule has 34 heavy (non-hydrogen) atoms. The van der Waals surface area contributed by atoms with Crippen molar-refractivity contribution >= 4 is 16.8 Å². The van der Waals surface area contributed by atoms with Crippen LogP contribution in [-0.2, 0) is 16.1 Å². The normalized spacial score (nSPS) is 15.2. The van der Waals surface area contributed by atoms with E-state index in [9.17, 15) is 9.59 Å². The van der Waals surface area contributed by atoms with Gasteiger partial charge in [-0.05, 0) is 42.7 Å². The summed E-state index contributed by atoms with van der Waals surface area (Å²) < 4.78 is 12.4. The third-order valence-electron chi connectivity index (χ3n) is 6.34. The summed E-state index contributed by atoms with van der Waals surface area (Å²) in [5.41, 5.74) is 2.77. The number of nitrogens with one attached hydrogen (secondary N) is 1. The Morgan fingerprint density at radius 2 is 1.94 bits per heavy atom. The number of carbonyl (C=O) groups is 1. The molecule has 2 heterocycles. The van der Waals surface area contributed by atoms with Crippen molar-refractivity contribution in [2.45, 2.75) is 32.4 Å². The molecule has 180 valence electrons. The van der Waals surface area contributed by atoms with Gasteiger partial charge in [-0.2, -0.15) is 0 Å². The van der Waals surface area contributed by atoms with Crippen LogP contribution >= 0.6 is 0 Å². The maximum Gasteiger partial charge on any atom is 0.261 e. The molecule has 2 aromatic carbocycles. The largest absolute Gasteiger partial charge is 0.497 e. The standard InChI is InChI=1S/C26H32N4O4/c1-19-5-3-6-22-25(19)28-18-30(26(22)32)12-4-7-24(31)27-17-23(29-13-15-34-16-14-29)20-8-10-21(33-2)11-9-20/h3,5-6,8-11,18,23H,4,7,12-17H2,1-2H3,(H,27,31). The molecule has 0 saturated carbocycles. The van der Waals surface area contributed by atoms with E-state index in [0.29, 0.717) is 44.5 Å². The van der Waals surface area contributed by atoms with Crippen molar-refractivity contribution in [3.8, 4) is 5.75 Å². The second-order valence-electron chi connectivity index (χ2n) is 8.56. The number of methoxy groups -OCH3 is 1. The van der Waals surface area contributed by atoms with E-state index in [1.54, 1.807) is 24.1 Å². The minimum atomic E-state index is -0.0685. The van der Waals surface area contributed by atoms with Crippen LogP contribution in [0, 0.1) is 6.92 Å². The molecule has 1 aliphatic heterocycles. The fourth-order valence-electron chi connectivity index (χ4n) is 4.38. The second kappa shape index (κ2) is 11.3. The monoisotopic (exact) mass is 464 g/mol. The number of morpholine rings is 1. The lowest BCUT2D eigenvalue weighted by atomic mass is 10.0. The molecule has 8 nitrogen and oxygen atoms in total. The number of hydrogen-bond acceptors (Lipinski definition) is 6. The molecule has 1 aliphatic rings. The smallest absolute Gasteiger partial charge is 0.261 e. The van der Waals surface area contributed by atoms with Gasteiger partial charge in [-0.25, -0.2) is 4.98 Å². The summed E-state index contributed by atoms with van der Waals surface area (Å²) >= 11 is 0. The number of benzene rings is 2. The summed E-state index contributed by atoms with van der Waals surface area (Å²) in [7, 11) is 1.65. The topological polar surface area (TPSA) is 85.7 Å². The molecule has 1 atom stereocenters. The van der Waals surface area contributed by atoms with Gasteiger partial charge in [0, 0.05) is 32.6 Å². The van der Waals surface area contributed by atoms with Crippen molar-refractivity contribution in [3.05, 3.63) is 70.3 Å². The van der Waals surface area contributed by atoms with Crippen LogP contribution in [0.15, 0.2) is 53.6 Å². The van der Waals surface area contributed by atoms with E-state index >= 15 is 0 Å². The molecular weight excluding hydrogens is 432 g/mol. The van der Waals surface area contributed by atoms with Gasteiger partial charge in [0.15, 0.2) is 0 Å². The Morgan fingerprint density at radius 3 is 2.68 bits per heavy atom. The minimum absolute atomic E-state index is 0.0237. The van der Waals surface area contributed by atoms with Gasteiger partial charge < -0.3 is 14.8 Å². The molecule has 1 unspecified atom stereocenters. The highest BCUT2D eigenvalue weighted by Crippen LogP contribution is 2.23. The van der Waals surface area contributed by atoms with Crippen molar-refractivity contribution < 1.29 is 14.3 Å². The fraction of sp³-hybridized carbons (Fsp3) is 0.423. The number of para-hydroxylation sites is 1. The maximum absolute atomic E-state index is 12.7. The fourth-order valence-corrected chi connectivity index (χ4v) is 4.38. The van der Waals surface area contributed by atoms with E-state index in [4.69, 9.17) is 9.47 Å². The molecule has 1 amide bonds. The first-order valence-corrected chi connectivity index (χ1v) is 11.7. The van der Waals surface area contributed by atoms with E-state index in [1.165, 1.54) is 0 Å². The van der Waals surface area contributed by atoms with Crippen molar-refractivity contribution in [2.24, 2.45) is 0 Å². The number of hydrogen-bond donors (Lipinski definition) is 1. The van der Waals surface area contributed by atoms with E-state index in [0.717, 1.165) is 35.5 Å². The Bertz CT molecular complexity index is 1170. The molecule has 1 fully saturated rings. The molecule has 3 aromatic rings. The summed E-state index contributed by atoms with van der Waals surface area (Å²) in [5, 5.41) is 3.70. The minimum Gasteiger partial charge on any atom is -0.497 e. The summed E-state index contributed by atoms with van der Waals surface area (Å²) in [5.74, 6) is 0.784. The SMILES string of the molecule is COc1ccc(C(CNC(=O)CCCn2cnc3c(C)cccc3c2=O)N2CCOCC2)cc1. The molecule has 8 heteroatoms. The van der Waals surface area contributed by atoms with Gasteiger partial charge in [0.1, 0.15) is 5.75 Å². The third kappa shape index (κ3) is 5.63. The molecular formula is C26H32N4O4. The molecule has 1 saturated heterocycles. The Kier molecular flexibility index (Phi) is 7.92. The van der Waals surface area contributed by atoms with E-state index in [-0.39, 0.29) is 17.5 Å².